The van der Waals surface area contributed by atoms with Crippen molar-refractivity contribution in [1.82, 2.24) is 0 Å². The molecule has 3 rings (SSSR count). The van der Waals surface area contributed by atoms with Crippen LogP contribution >= 0.6 is 0 Å². The zero-order valence-corrected chi connectivity index (χ0v) is 10.8. The van der Waals surface area contributed by atoms with Gasteiger partial charge in [-0.3, -0.25) is 0 Å². The molecule has 2 aliphatic heterocycles. The average Bonchev–Trinajstić information content (AvgIpc) is 2.80. The van der Waals surface area contributed by atoms with Crippen LogP contribution in [0.1, 0.15) is 5.56 Å². The van der Waals surface area contributed by atoms with Gasteiger partial charge in [-0.05, 0) is 23.8 Å². The molecule has 1 saturated heterocycles. The first-order chi connectivity index (χ1) is 8.72. The summed E-state index contributed by atoms with van der Waals surface area (Å²) < 4.78 is 10.8. The summed E-state index contributed by atoms with van der Waals surface area (Å²) >= 11 is 0. The smallest absolute Gasteiger partial charge is 0.122 e. The van der Waals surface area contributed by atoms with Gasteiger partial charge in [-0.15, -0.1) is 0 Å². The van der Waals surface area contributed by atoms with Crippen molar-refractivity contribution in [2.75, 3.05) is 44.9 Å². The number of hydrogen-bond donors (Lipinski definition) is 1. The molecule has 98 valence electrons. The summed E-state index contributed by atoms with van der Waals surface area (Å²) in [4.78, 5) is 2.27. The molecular formula is C14H20N2O2. The third-order valence-electron chi connectivity index (χ3n) is 3.94. The topological polar surface area (TPSA) is 47.7 Å². The van der Waals surface area contributed by atoms with E-state index >= 15 is 0 Å². The van der Waals surface area contributed by atoms with Crippen LogP contribution in [0.5, 0.6) is 5.75 Å². The van der Waals surface area contributed by atoms with Gasteiger partial charge in [0, 0.05) is 37.7 Å². The van der Waals surface area contributed by atoms with Gasteiger partial charge in [0.2, 0.25) is 0 Å². The number of nitrogens with zero attached hydrogens (tertiary/aromatic N) is 1. The predicted octanol–water partition coefficient (Wildman–Crippen LogP) is 1.03. The normalized spacial score (nSPS) is 19.9. The molecule has 1 fully saturated rings. The molecule has 1 aromatic carbocycles. The Kier molecular flexibility index (Phi) is 2.92. The van der Waals surface area contributed by atoms with E-state index in [2.05, 4.69) is 30.1 Å². The lowest BCUT2D eigenvalue weighted by molar-refractivity contribution is -0.101. The molecule has 0 atom stereocenters. The summed E-state index contributed by atoms with van der Waals surface area (Å²) in [5.74, 6) is 1.03. The largest absolute Gasteiger partial charge is 0.493 e. The van der Waals surface area contributed by atoms with Crippen molar-refractivity contribution in [3.05, 3.63) is 23.8 Å². The van der Waals surface area contributed by atoms with E-state index < -0.39 is 0 Å². The highest BCUT2D eigenvalue weighted by Gasteiger charge is 2.38. The Balaban J connectivity index is 1.74. The third kappa shape index (κ3) is 1.95. The van der Waals surface area contributed by atoms with E-state index in [1.807, 2.05) is 0 Å². The van der Waals surface area contributed by atoms with Crippen LogP contribution in [0, 0.1) is 5.41 Å². The van der Waals surface area contributed by atoms with Gasteiger partial charge in [0.05, 0.1) is 19.8 Å². The van der Waals surface area contributed by atoms with Gasteiger partial charge in [0.25, 0.3) is 0 Å². The summed E-state index contributed by atoms with van der Waals surface area (Å²) in [5.41, 5.74) is 8.55. The van der Waals surface area contributed by atoms with Crippen molar-refractivity contribution in [2.24, 2.45) is 11.1 Å². The maximum absolute atomic E-state index is 5.86. The molecule has 0 aliphatic carbocycles. The minimum absolute atomic E-state index is 0.143. The van der Waals surface area contributed by atoms with Gasteiger partial charge in [-0.25, -0.2) is 0 Å². The van der Waals surface area contributed by atoms with Gasteiger partial charge < -0.3 is 20.1 Å². The number of anilines is 1. The third-order valence-corrected chi connectivity index (χ3v) is 3.94. The highest BCUT2D eigenvalue weighted by atomic mass is 16.5. The van der Waals surface area contributed by atoms with E-state index in [1.165, 1.54) is 11.3 Å². The van der Waals surface area contributed by atoms with Crippen LogP contribution in [0.3, 0.4) is 0 Å². The SMILES string of the molecule is CN(CC1(CN)COC1)c1ccc2c(c1)CCO2. The van der Waals surface area contributed by atoms with Crippen molar-refractivity contribution in [1.29, 1.82) is 0 Å². The number of fused-ring (bicyclic) bond motifs is 1. The van der Waals surface area contributed by atoms with Gasteiger partial charge in [0.15, 0.2) is 0 Å². The molecule has 4 nitrogen and oxygen atoms in total. The second-order valence-electron chi connectivity index (χ2n) is 5.44. The number of rotatable bonds is 4. The summed E-state index contributed by atoms with van der Waals surface area (Å²) in [6.07, 6.45) is 1.02. The molecule has 2 aliphatic rings. The molecule has 0 bridgehead atoms. The highest BCUT2D eigenvalue weighted by Crippen LogP contribution is 2.32. The first-order valence-corrected chi connectivity index (χ1v) is 6.47. The van der Waals surface area contributed by atoms with E-state index in [0.717, 1.165) is 38.5 Å². The molecule has 0 unspecified atom stereocenters. The lowest BCUT2D eigenvalue weighted by atomic mass is 9.85. The highest BCUT2D eigenvalue weighted by molar-refractivity contribution is 5.54. The second kappa shape index (κ2) is 4.44. The predicted molar refractivity (Wildman–Crippen MR) is 71.2 cm³/mol. The molecule has 0 spiro atoms. The van der Waals surface area contributed by atoms with Crippen molar-refractivity contribution in [3.63, 3.8) is 0 Å². The van der Waals surface area contributed by atoms with Crippen LogP contribution in [0.2, 0.25) is 0 Å². The molecule has 4 heteroatoms. The summed E-state index contributed by atoms with van der Waals surface area (Å²) in [6.45, 7) is 4.00. The minimum Gasteiger partial charge on any atom is -0.493 e. The number of ether oxygens (including phenoxy) is 2. The number of hydrogen-bond acceptors (Lipinski definition) is 4. The Hall–Kier alpha value is -1.26. The van der Waals surface area contributed by atoms with Crippen LogP contribution in [0.25, 0.3) is 0 Å². The van der Waals surface area contributed by atoms with E-state index in [9.17, 15) is 0 Å². The van der Waals surface area contributed by atoms with Crippen molar-refractivity contribution in [2.45, 2.75) is 6.42 Å². The quantitative estimate of drug-likeness (QED) is 0.864. The second-order valence-corrected chi connectivity index (χ2v) is 5.44. The summed E-state index contributed by atoms with van der Waals surface area (Å²) in [6, 6.07) is 6.42. The Labute approximate surface area is 108 Å². The molecule has 2 heterocycles. The Morgan fingerprint density at radius 3 is 2.89 bits per heavy atom. The molecule has 2 N–H and O–H groups in total. The lowest BCUT2D eigenvalue weighted by Gasteiger charge is -2.43. The Bertz CT molecular complexity index is 438. The molecular weight excluding hydrogens is 228 g/mol. The summed E-state index contributed by atoms with van der Waals surface area (Å²) in [7, 11) is 2.12. The molecule has 0 saturated carbocycles. The standard InChI is InChI=1S/C14H20N2O2/c1-16(8-14(7-15)9-17-10-14)12-2-3-13-11(6-12)4-5-18-13/h2-3,6H,4-5,7-10,15H2,1H3. The van der Waals surface area contributed by atoms with Crippen molar-refractivity contribution in [3.8, 4) is 5.75 Å². The van der Waals surface area contributed by atoms with Crippen LogP contribution in [0.4, 0.5) is 5.69 Å². The maximum atomic E-state index is 5.86. The van der Waals surface area contributed by atoms with Crippen LogP contribution in [0.15, 0.2) is 18.2 Å². The van der Waals surface area contributed by atoms with Crippen molar-refractivity contribution >= 4 is 5.69 Å². The van der Waals surface area contributed by atoms with E-state index in [4.69, 9.17) is 15.2 Å². The van der Waals surface area contributed by atoms with E-state index in [-0.39, 0.29) is 5.41 Å². The maximum Gasteiger partial charge on any atom is 0.122 e. The number of nitrogens with two attached hydrogens (primary N) is 1. The van der Waals surface area contributed by atoms with Crippen molar-refractivity contribution < 1.29 is 9.47 Å². The summed E-state index contributed by atoms with van der Waals surface area (Å²) in [5, 5.41) is 0. The zero-order valence-electron chi connectivity index (χ0n) is 10.8. The van der Waals surface area contributed by atoms with Gasteiger partial charge in [-0.1, -0.05) is 0 Å². The lowest BCUT2D eigenvalue weighted by Crippen LogP contribution is -2.54. The van der Waals surface area contributed by atoms with E-state index in [1.54, 1.807) is 0 Å². The molecule has 0 aromatic heterocycles. The fourth-order valence-electron chi connectivity index (χ4n) is 2.67. The van der Waals surface area contributed by atoms with Crippen LogP contribution < -0.4 is 15.4 Å². The zero-order chi connectivity index (χ0) is 12.6. The minimum atomic E-state index is 0.143. The van der Waals surface area contributed by atoms with Gasteiger partial charge >= 0.3 is 0 Å². The van der Waals surface area contributed by atoms with Crippen LogP contribution in [-0.2, 0) is 11.2 Å². The molecule has 1 aromatic rings. The fourth-order valence-corrected chi connectivity index (χ4v) is 2.67. The Morgan fingerprint density at radius 2 is 2.22 bits per heavy atom. The monoisotopic (exact) mass is 248 g/mol. The fraction of sp³-hybridized carbons (Fsp3) is 0.571. The first-order valence-electron chi connectivity index (χ1n) is 6.47. The Morgan fingerprint density at radius 1 is 1.39 bits per heavy atom. The van der Waals surface area contributed by atoms with Gasteiger partial charge in [0.1, 0.15) is 5.75 Å². The molecule has 18 heavy (non-hydrogen) atoms. The molecule has 0 radical (unpaired) electrons. The van der Waals surface area contributed by atoms with Crippen LogP contribution in [-0.4, -0.2) is 40.0 Å². The van der Waals surface area contributed by atoms with E-state index in [0.29, 0.717) is 6.54 Å². The molecule has 0 amide bonds. The average molecular weight is 248 g/mol. The number of benzene rings is 1. The first kappa shape index (κ1) is 11.8. The van der Waals surface area contributed by atoms with Gasteiger partial charge in [-0.2, -0.15) is 0 Å².